The van der Waals surface area contributed by atoms with Gasteiger partial charge in [0, 0.05) is 12.1 Å². The Hall–Kier alpha value is -2.80. The molecule has 1 heterocycles. The minimum absolute atomic E-state index is 0.0597. The van der Waals surface area contributed by atoms with E-state index in [2.05, 4.69) is 11.4 Å². The largest absolute Gasteiger partial charge is 0.489 e. The highest BCUT2D eigenvalue weighted by Crippen LogP contribution is 2.27. The molecule has 0 fully saturated rings. The van der Waals surface area contributed by atoms with Gasteiger partial charge in [0.15, 0.2) is 0 Å². The predicted molar refractivity (Wildman–Crippen MR) is 78.9 cm³/mol. The zero-order valence-electron chi connectivity index (χ0n) is 11.4. The summed E-state index contributed by atoms with van der Waals surface area (Å²) in [5.74, 6) is 0.830. The van der Waals surface area contributed by atoms with E-state index in [-0.39, 0.29) is 5.91 Å². The van der Waals surface area contributed by atoms with Crippen molar-refractivity contribution in [3.05, 3.63) is 59.2 Å². The number of carbonyl (C=O) groups is 1. The Morgan fingerprint density at radius 1 is 1.19 bits per heavy atom. The molecular weight excluding hydrogens is 264 g/mol. The molecular formula is C17H14N2O2. The van der Waals surface area contributed by atoms with Crippen LogP contribution in [0.15, 0.2) is 42.5 Å². The van der Waals surface area contributed by atoms with Crippen LogP contribution >= 0.6 is 0 Å². The van der Waals surface area contributed by atoms with Gasteiger partial charge in [-0.1, -0.05) is 12.1 Å². The number of ether oxygens (including phenoxy) is 1. The molecule has 21 heavy (non-hydrogen) atoms. The number of nitrogens with one attached hydrogen (secondary N) is 1. The number of hydrogen-bond acceptors (Lipinski definition) is 3. The molecule has 0 unspecified atom stereocenters. The molecule has 0 radical (unpaired) electrons. The fourth-order valence-electron chi connectivity index (χ4n) is 2.35. The van der Waals surface area contributed by atoms with E-state index in [1.807, 2.05) is 36.4 Å². The lowest BCUT2D eigenvalue weighted by atomic mass is 10.0. The number of rotatable bonds is 3. The molecule has 0 atom stereocenters. The molecule has 0 saturated heterocycles. The van der Waals surface area contributed by atoms with Crippen molar-refractivity contribution in [2.45, 2.75) is 19.4 Å². The van der Waals surface area contributed by atoms with Gasteiger partial charge in [-0.05, 0) is 47.9 Å². The van der Waals surface area contributed by atoms with Crippen LogP contribution in [0.25, 0.3) is 0 Å². The van der Waals surface area contributed by atoms with Crippen LogP contribution in [0.4, 0.5) is 5.69 Å². The molecule has 104 valence electrons. The van der Waals surface area contributed by atoms with Crippen LogP contribution in [0.5, 0.6) is 5.75 Å². The summed E-state index contributed by atoms with van der Waals surface area (Å²) in [5, 5.41) is 11.7. The molecule has 0 aromatic heterocycles. The number of aryl methyl sites for hydroxylation is 1. The van der Waals surface area contributed by atoms with E-state index in [4.69, 9.17) is 10.00 Å². The minimum Gasteiger partial charge on any atom is -0.489 e. The lowest BCUT2D eigenvalue weighted by Gasteiger charge is -2.17. The smallest absolute Gasteiger partial charge is 0.224 e. The van der Waals surface area contributed by atoms with E-state index in [1.54, 1.807) is 6.07 Å². The fourth-order valence-corrected chi connectivity index (χ4v) is 2.35. The van der Waals surface area contributed by atoms with Crippen LogP contribution in [-0.2, 0) is 17.8 Å². The molecule has 0 aliphatic carbocycles. The summed E-state index contributed by atoms with van der Waals surface area (Å²) in [7, 11) is 0. The maximum atomic E-state index is 11.3. The lowest BCUT2D eigenvalue weighted by Crippen LogP contribution is -2.18. The lowest BCUT2D eigenvalue weighted by molar-refractivity contribution is -0.116. The Labute approximate surface area is 123 Å². The first-order valence-corrected chi connectivity index (χ1v) is 6.79. The van der Waals surface area contributed by atoms with E-state index in [9.17, 15) is 4.79 Å². The van der Waals surface area contributed by atoms with Crippen molar-refractivity contribution in [2.24, 2.45) is 0 Å². The fraction of sp³-hybridized carbons (Fsp3) is 0.176. The molecule has 3 rings (SSSR count). The quantitative estimate of drug-likeness (QED) is 0.938. The third kappa shape index (κ3) is 3.03. The zero-order valence-corrected chi connectivity index (χ0v) is 11.4. The average Bonchev–Trinajstić information content (AvgIpc) is 2.53. The number of amides is 1. The maximum absolute atomic E-state index is 11.3. The van der Waals surface area contributed by atoms with Crippen molar-refractivity contribution in [1.82, 2.24) is 0 Å². The maximum Gasteiger partial charge on any atom is 0.224 e. The first-order chi connectivity index (χ1) is 10.2. The average molecular weight is 278 g/mol. The molecule has 2 aromatic rings. The van der Waals surface area contributed by atoms with Crippen LogP contribution in [0.2, 0.25) is 0 Å². The molecule has 1 N–H and O–H groups in total. The van der Waals surface area contributed by atoms with Crippen LogP contribution in [-0.4, -0.2) is 5.91 Å². The van der Waals surface area contributed by atoms with Gasteiger partial charge >= 0.3 is 0 Å². The summed E-state index contributed by atoms with van der Waals surface area (Å²) >= 11 is 0. The molecule has 2 aromatic carbocycles. The van der Waals surface area contributed by atoms with E-state index in [0.29, 0.717) is 18.6 Å². The van der Waals surface area contributed by atoms with E-state index >= 15 is 0 Å². The molecule has 1 amide bonds. The molecule has 4 heteroatoms. The van der Waals surface area contributed by atoms with Crippen molar-refractivity contribution in [3.8, 4) is 11.8 Å². The Morgan fingerprint density at radius 2 is 2.10 bits per heavy atom. The Bertz CT molecular complexity index is 732. The highest BCUT2D eigenvalue weighted by molar-refractivity contribution is 5.93. The van der Waals surface area contributed by atoms with Gasteiger partial charge in [-0.2, -0.15) is 5.26 Å². The minimum atomic E-state index is 0.0597. The van der Waals surface area contributed by atoms with E-state index in [0.717, 1.165) is 29.0 Å². The van der Waals surface area contributed by atoms with Gasteiger partial charge in [0.05, 0.1) is 11.6 Å². The van der Waals surface area contributed by atoms with Gasteiger partial charge in [0.1, 0.15) is 12.4 Å². The highest BCUT2D eigenvalue weighted by Gasteiger charge is 2.14. The zero-order chi connectivity index (χ0) is 14.7. The summed E-state index contributed by atoms with van der Waals surface area (Å²) < 4.78 is 5.76. The van der Waals surface area contributed by atoms with Crippen LogP contribution in [0.1, 0.15) is 23.1 Å². The van der Waals surface area contributed by atoms with Crippen LogP contribution in [0.3, 0.4) is 0 Å². The Kier molecular flexibility index (Phi) is 3.57. The molecule has 0 saturated carbocycles. The second kappa shape index (κ2) is 5.68. The van der Waals surface area contributed by atoms with Gasteiger partial charge in [0.2, 0.25) is 5.91 Å². The van der Waals surface area contributed by atoms with E-state index < -0.39 is 0 Å². The molecule has 0 spiro atoms. The Morgan fingerprint density at radius 3 is 2.95 bits per heavy atom. The first kappa shape index (κ1) is 13.2. The summed E-state index contributed by atoms with van der Waals surface area (Å²) in [6, 6.07) is 15.2. The standard InChI is InChI=1S/C17H14N2O2/c18-10-12-2-1-3-13(8-12)11-21-15-5-6-16-14(9-15)4-7-17(20)19-16/h1-3,5-6,8-9H,4,7,11H2,(H,19,20). The molecule has 1 aliphatic heterocycles. The summed E-state index contributed by atoms with van der Waals surface area (Å²) in [6.07, 6.45) is 1.25. The number of carbonyl (C=O) groups excluding carboxylic acids is 1. The number of fused-ring (bicyclic) bond motifs is 1. The van der Waals surface area contributed by atoms with Crippen molar-refractivity contribution < 1.29 is 9.53 Å². The van der Waals surface area contributed by atoms with Crippen molar-refractivity contribution >= 4 is 11.6 Å². The van der Waals surface area contributed by atoms with Gasteiger partial charge in [-0.3, -0.25) is 4.79 Å². The third-order valence-electron chi connectivity index (χ3n) is 3.43. The Balaban J connectivity index is 1.71. The van der Waals surface area contributed by atoms with Crippen molar-refractivity contribution in [3.63, 3.8) is 0 Å². The number of benzene rings is 2. The number of nitriles is 1. The normalized spacial score (nSPS) is 13.0. The van der Waals surface area contributed by atoms with Gasteiger partial charge < -0.3 is 10.1 Å². The summed E-state index contributed by atoms with van der Waals surface area (Å²) in [6.45, 7) is 0.417. The first-order valence-electron chi connectivity index (χ1n) is 6.79. The molecule has 1 aliphatic rings. The third-order valence-corrected chi connectivity index (χ3v) is 3.43. The van der Waals surface area contributed by atoms with Crippen LogP contribution < -0.4 is 10.1 Å². The van der Waals surface area contributed by atoms with Crippen molar-refractivity contribution in [2.75, 3.05) is 5.32 Å². The van der Waals surface area contributed by atoms with Gasteiger partial charge in [-0.15, -0.1) is 0 Å². The summed E-state index contributed by atoms with van der Waals surface area (Å²) in [5.41, 5.74) is 3.55. The van der Waals surface area contributed by atoms with Crippen molar-refractivity contribution in [1.29, 1.82) is 5.26 Å². The number of anilines is 1. The van der Waals surface area contributed by atoms with Gasteiger partial charge in [-0.25, -0.2) is 0 Å². The van der Waals surface area contributed by atoms with Gasteiger partial charge in [0.25, 0.3) is 0 Å². The highest BCUT2D eigenvalue weighted by atomic mass is 16.5. The number of hydrogen-bond donors (Lipinski definition) is 1. The van der Waals surface area contributed by atoms with E-state index in [1.165, 1.54) is 0 Å². The summed E-state index contributed by atoms with van der Waals surface area (Å²) in [4.78, 5) is 11.3. The monoisotopic (exact) mass is 278 g/mol. The molecule has 0 bridgehead atoms. The SMILES string of the molecule is N#Cc1cccc(COc2ccc3c(c2)CCC(=O)N3)c1. The second-order valence-electron chi connectivity index (χ2n) is 4.97. The predicted octanol–water partition coefficient (Wildman–Crippen LogP) is 3.02. The topological polar surface area (TPSA) is 62.1 Å². The van der Waals surface area contributed by atoms with Crippen LogP contribution in [0, 0.1) is 11.3 Å². The molecule has 4 nitrogen and oxygen atoms in total. The second-order valence-corrected chi connectivity index (χ2v) is 4.97. The number of nitrogens with zero attached hydrogens (tertiary/aromatic N) is 1.